The Bertz CT molecular complexity index is 288. The van der Waals surface area contributed by atoms with Crippen molar-refractivity contribution in [3.8, 4) is 0 Å². The monoisotopic (exact) mass is 188 g/mol. The average Bonchev–Trinajstić information content (AvgIpc) is 2.02. The van der Waals surface area contributed by atoms with E-state index in [9.17, 15) is 13.6 Å². The maximum absolute atomic E-state index is 12.8. The van der Waals surface area contributed by atoms with Crippen LogP contribution >= 0.6 is 0 Å². The summed E-state index contributed by atoms with van der Waals surface area (Å²) >= 11 is 0. The summed E-state index contributed by atoms with van der Waals surface area (Å²) < 4.78 is 25.3. The predicted molar refractivity (Wildman–Crippen MR) is 45.4 cm³/mol. The first-order valence-corrected chi connectivity index (χ1v) is 3.58. The van der Waals surface area contributed by atoms with Crippen molar-refractivity contribution in [2.45, 2.75) is 13.8 Å². The van der Waals surface area contributed by atoms with E-state index in [0.29, 0.717) is 12.2 Å². The molecular formula is C9H10F2O2. The maximum Gasteiger partial charge on any atom is 0.328 e. The van der Waals surface area contributed by atoms with Crippen molar-refractivity contribution in [2.24, 2.45) is 0 Å². The summed E-state index contributed by atoms with van der Waals surface area (Å²) in [6.45, 7) is 2.66. The highest BCUT2D eigenvalue weighted by Crippen LogP contribution is 2.13. The van der Waals surface area contributed by atoms with E-state index in [4.69, 9.17) is 5.11 Å². The van der Waals surface area contributed by atoms with Crippen molar-refractivity contribution in [3.63, 3.8) is 0 Å². The minimum atomic E-state index is -1.26. The molecule has 0 unspecified atom stereocenters. The second-order valence-corrected chi connectivity index (χ2v) is 2.33. The van der Waals surface area contributed by atoms with Crippen LogP contribution in [0.5, 0.6) is 0 Å². The van der Waals surface area contributed by atoms with Gasteiger partial charge in [0.1, 0.15) is 11.7 Å². The van der Waals surface area contributed by atoms with Gasteiger partial charge in [-0.15, -0.1) is 0 Å². The van der Waals surface area contributed by atoms with Gasteiger partial charge in [0.2, 0.25) is 0 Å². The first-order valence-electron chi connectivity index (χ1n) is 3.58. The van der Waals surface area contributed by atoms with Crippen LogP contribution in [0, 0.1) is 0 Å². The number of aliphatic carboxylic acids is 1. The smallest absolute Gasteiger partial charge is 0.328 e. The van der Waals surface area contributed by atoms with E-state index in [1.54, 1.807) is 0 Å². The van der Waals surface area contributed by atoms with Crippen LogP contribution in [0.4, 0.5) is 8.78 Å². The summed E-state index contributed by atoms with van der Waals surface area (Å²) in [6.07, 6.45) is 2.39. The Morgan fingerprint density at radius 3 is 2.23 bits per heavy atom. The minimum Gasteiger partial charge on any atom is -0.478 e. The van der Waals surface area contributed by atoms with Crippen molar-refractivity contribution in [3.05, 3.63) is 35.5 Å². The van der Waals surface area contributed by atoms with Gasteiger partial charge in [0, 0.05) is 12.2 Å². The van der Waals surface area contributed by atoms with E-state index in [2.05, 4.69) is 0 Å². The highest BCUT2D eigenvalue weighted by molar-refractivity contribution is 5.81. The summed E-state index contributed by atoms with van der Waals surface area (Å²) in [5.74, 6) is -2.89. The Morgan fingerprint density at radius 1 is 1.31 bits per heavy atom. The molecule has 2 nitrogen and oxygen atoms in total. The van der Waals surface area contributed by atoms with Crippen molar-refractivity contribution in [1.82, 2.24) is 0 Å². The van der Waals surface area contributed by atoms with Crippen LogP contribution in [-0.4, -0.2) is 11.1 Å². The molecular weight excluding hydrogens is 178 g/mol. The van der Waals surface area contributed by atoms with E-state index in [1.165, 1.54) is 13.8 Å². The van der Waals surface area contributed by atoms with Gasteiger partial charge in [-0.05, 0) is 19.4 Å². The number of halogens is 2. The maximum atomic E-state index is 12.8. The second kappa shape index (κ2) is 5.24. The molecule has 13 heavy (non-hydrogen) atoms. The predicted octanol–water partition coefficient (Wildman–Crippen LogP) is 2.74. The number of hydrogen-bond donors (Lipinski definition) is 1. The van der Waals surface area contributed by atoms with E-state index in [-0.39, 0.29) is 5.57 Å². The van der Waals surface area contributed by atoms with Gasteiger partial charge in [-0.1, -0.05) is 6.08 Å². The van der Waals surface area contributed by atoms with Gasteiger partial charge in [-0.3, -0.25) is 0 Å². The molecule has 0 amide bonds. The molecule has 1 N–H and O–H groups in total. The number of carboxylic acids is 1. The van der Waals surface area contributed by atoms with Crippen LogP contribution < -0.4 is 0 Å². The molecule has 0 aliphatic heterocycles. The van der Waals surface area contributed by atoms with Crippen molar-refractivity contribution in [1.29, 1.82) is 0 Å². The lowest BCUT2D eigenvalue weighted by molar-refractivity contribution is -0.131. The summed E-state index contributed by atoms with van der Waals surface area (Å²) in [7, 11) is 0. The first-order chi connectivity index (χ1) is 5.97. The summed E-state index contributed by atoms with van der Waals surface area (Å²) in [6, 6.07) is 0. The third-order valence-corrected chi connectivity index (χ3v) is 1.26. The van der Waals surface area contributed by atoms with Gasteiger partial charge in [-0.2, -0.15) is 0 Å². The Morgan fingerprint density at radius 2 is 1.85 bits per heavy atom. The lowest BCUT2D eigenvalue weighted by Crippen LogP contribution is -1.90. The summed E-state index contributed by atoms with van der Waals surface area (Å²) in [5.41, 5.74) is -0.121. The number of carbonyl (C=O) groups is 1. The minimum absolute atomic E-state index is 0.121. The zero-order chi connectivity index (χ0) is 10.4. The van der Waals surface area contributed by atoms with Crippen LogP contribution in [0.25, 0.3) is 0 Å². The molecule has 0 aliphatic rings. The van der Waals surface area contributed by atoms with Crippen LogP contribution in [0.15, 0.2) is 35.5 Å². The molecule has 0 aromatic carbocycles. The number of allylic oxidation sites excluding steroid dienone is 5. The van der Waals surface area contributed by atoms with Crippen molar-refractivity contribution >= 4 is 5.97 Å². The molecule has 0 aromatic heterocycles. The molecule has 0 spiro atoms. The van der Waals surface area contributed by atoms with Crippen LogP contribution in [-0.2, 0) is 4.79 Å². The molecule has 0 aliphatic carbocycles. The molecule has 4 heteroatoms. The quantitative estimate of drug-likeness (QED) is 0.546. The molecule has 72 valence electrons. The number of hydrogen-bond acceptors (Lipinski definition) is 1. The van der Waals surface area contributed by atoms with Crippen LogP contribution in [0.3, 0.4) is 0 Å². The molecule has 0 bridgehead atoms. The second-order valence-electron chi connectivity index (χ2n) is 2.33. The lowest BCUT2D eigenvalue weighted by Gasteiger charge is -1.94. The van der Waals surface area contributed by atoms with Crippen molar-refractivity contribution in [2.75, 3.05) is 0 Å². The lowest BCUT2D eigenvalue weighted by atomic mass is 10.2. The van der Waals surface area contributed by atoms with Gasteiger partial charge in [0.05, 0.1) is 0 Å². The van der Waals surface area contributed by atoms with Gasteiger partial charge in [-0.25, -0.2) is 13.6 Å². The fourth-order valence-electron chi connectivity index (χ4n) is 0.572. The Balaban J connectivity index is 4.70. The zero-order valence-electron chi connectivity index (χ0n) is 7.34. The zero-order valence-corrected chi connectivity index (χ0v) is 7.34. The van der Waals surface area contributed by atoms with E-state index >= 15 is 0 Å². The molecule has 0 heterocycles. The molecule has 0 saturated heterocycles. The highest BCUT2D eigenvalue weighted by Gasteiger charge is 2.01. The van der Waals surface area contributed by atoms with E-state index in [1.807, 2.05) is 0 Å². The van der Waals surface area contributed by atoms with Gasteiger partial charge in [0.15, 0.2) is 0 Å². The molecule has 0 rings (SSSR count). The molecule has 0 aromatic rings. The third-order valence-electron chi connectivity index (χ3n) is 1.26. The molecule has 0 atom stereocenters. The largest absolute Gasteiger partial charge is 0.478 e. The Kier molecular flexibility index (Phi) is 4.66. The van der Waals surface area contributed by atoms with Crippen LogP contribution in [0.1, 0.15) is 13.8 Å². The van der Waals surface area contributed by atoms with Gasteiger partial charge in [0.25, 0.3) is 0 Å². The number of rotatable bonds is 3. The summed E-state index contributed by atoms with van der Waals surface area (Å²) in [4.78, 5) is 10.1. The Labute approximate surface area is 74.9 Å². The van der Waals surface area contributed by atoms with Crippen LogP contribution in [0.2, 0.25) is 0 Å². The Hall–Kier alpha value is -1.45. The number of carboxylic acid groups (broad SMARTS) is 1. The van der Waals surface area contributed by atoms with E-state index < -0.39 is 17.6 Å². The molecule has 0 radical (unpaired) electrons. The van der Waals surface area contributed by atoms with Gasteiger partial charge < -0.3 is 5.11 Å². The highest BCUT2D eigenvalue weighted by atomic mass is 19.1. The normalized spacial score (nSPS) is 14.6. The van der Waals surface area contributed by atoms with Crippen molar-refractivity contribution < 1.29 is 18.7 Å². The van der Waals surface area contributed by atoms with E-state index in [0.717, 1.165) is 6.08 Å². The topological polar surface area (TPSA) is 37.3 Å². The van der Waals surface area contributed by atoms with Gasteiger partial charge >= 0.3 is 5.97 Å². The molecule has 0 fully saturated rings. The third kappa shape index (κ3) is 4.90. The molecule has 0 saturated carbocycles. The SMILES string of the molecule is CC=C(F)C=C(F)C(C)=CC(=O)O. The average molecular weight is 188 g/mol. The first kappa shape index (κ1) is 11.6. The standard InChI is InChI=1S/C9H10F2O2/c1-3-7(10)5-8(11)6(2)4-9(12)13/h3-5H,1-2H3,(H,12,13). The fourth-order valence-corrected chi connectivity index (χ4v) is 0.572. The fraction of sp³-hybridized carbons (Fsp3) is 0.222. The summed E-state index contributed by atoms with van der Waals surface area (Å²) in [5, 5.41) is 8.25.